The SMILES string of the molecule is CN=C(N)c1ccc(C2CC2)cc1N(C=O)c1cnccn1. The molecule has 112 valence electrons. The van der Waals surface area contributed by atoms with Gasteiger partial charge in [0.25, 0.3) is 0 Å². The van der Waals surface area contributed by atoms with Crippen LogP contribution >= 0.6 is 0 Å². The third-order valence-corrected chi connectivity index (χ3v) is 3.75. The molecule has 3 rings (SSSR count). The zero-order valence-electron chi connectivity index (χ0n) is 12.3. The van der Waals surface area contributed by atoms with E-state index in [9.17, 15) is 4.79 Å². The summed E-state index contributed by atoms with van der Waals surface area (Å²) < 4.78 is 0. The Morgan fingerprint density at radius 2 is 2.23 bits per heavy atom. The Kier molecular flexibility index (Phi) is 3.82. The first-order valence-corrected chi connectivity index (χ1v) is 7.11. The van der Waals surface area contributed by atoms with Gasteiger partial charge in [-0.2, -0.15) is 0 Å². The monoisotopic (exact) mass is 295 g/mol. The second-order valence-corrected chi connectivity index (χ2v) is 5.20. The van der Waals surface area contributed by atoms with Gasteiger partial charge in [-0.05, 0) is 36.5 Å². The number of aromatic nitrogens is 2. The van der Waals surface area contributed by atoms with Crippen molar-refractivity contribution in [1.29, 1.82) is 0 Å². The van der Waals surface area contributed by atoms with Gasteiger partial charge in [-0.3, -0.25) is 19.7 Å². The lowest BCUT2D eigenvalue weighted by Gasteiger charge is -2.20. The zero-order valence-corrected chi connectivity index (χ0v) is 12.3. The van der Waals surface area contributed by atoms with Crippen molar-refractivity contribution in [2.75, 3.05) is 11.9 Å². The highest BCUT2D eigenvalue weighted by Crippen LogP contribution is 2.42. The molecule has 0 unspecified atom stereocenters. The Morgan fingerprint density at radius 1 is 1.41 bits per heavy atom. The van der Waals surface area contributed by atoms with Crippen LogP contribution in [0.1, 0.15) is 29.9 Å². The first-order chi connectivity index (χ1) is 10.7. The van der Waals surface area contributed by atoms with Crippen LogP contribution in [0.5, 0.6) is 0 Å². The van der Waals surface area contributed by atoms with Gasteiger partial charge in [0, 0.05) is 25.0 Å². The maximum absolute atomic E-state index is 11.6. The van der Waals surface area contributed by atoms with Crippen molar-refractivity contribution in [1.82, 2.24) is 9.97 Å². The maximum Gasteiger partial charge on any atom is 0.219 e. The summed E-state index contributed by atoms with van der Waals surface area (Å²) in [5.41, 5.74) is 8.58. The van der Waals surface area contributed by atoms with E-state index in [0.717, 1.165) is 6.41 Å². The summed E-state index contributed by atoms with van der Waals surface area (Å²) in [6, 6.07) is 5.96. The highest BCUT2D eigenvalue weighted by atomic mass is 16.1. The quantitative estimate of drug-likeness (QED) is 0.519. The number of nitrogens with zero attached hydrogens (tertiary/aromatic N) is 4. The van der Waals surface area contributed by atoms with Crippen molar-refractivity contribution in [3.63, 3.8) is 0 Å². The molecule has 0 atom stereocenters. The average molecular weight is 295 g/mol. The molecule has 1 fully saturated rings. The molecule has 1 saturated carbocycles. The minimum Gasteiger partial charge on any atom is -0.383 e. The fraction of sp³-hybridized carbons (Fsp3) is 0.250. The van der Waals surface area contributed by atoms with Gasteiger partial charge in [0.05, 0.1) is 11.9 Å². The van der Waals surface area contributed by atoms with Gasteiger partial charge >= 0.3 is 0 Å². The number of carbonyl (C=O) groups is 1. The minimum absolute atomic E-state index is 0.382. The summed E-state index contributed by atoms with van der Waals surface area (Å²) in [7, 11) is 1.63. The van der Waals surface area contributed by atoms with E-state index in [-0.39, 0.29) is 0 Å². The van der Waals surface area contributed by atoms with Crippen LogP contribution in [-0.4, -0.2) is 29.3 Å². The molecule has 0 aliphatic heterocycles. The van der Waals surface area contributed by atoms with E-state index in [0.29, 0.717) is 28.8 Å². The Balaban J connectivity index is 2.12. The van der Waals surface area contributed by atoms with Crippen molar-refractivity contribution in [3.8, 4) is 0 Å². The molecule has 6 nitrogen and oxygen atoms in total. The largest absolute Gasteiger partial charge is 0.383 e. The molecule has 2 N–H and O–H groups in total. The lowest BCUT2D eigenvalue weighted by atomic mass is 10.0. The van der Waals surface area contributed by atoms with Crippen molar-refractivity contribution in [3.05, 3.63) is 47.9 Å². The molecule has 1 aliphatic carbocycles. The van der Waals surface area contributed by atoms with Crippen molar-refractivity contribution in [2.24, 2.45) is 10.7 Å². The molecule has 0 spiro atoms. The maximum atomic E-state index is 11.6. The molecule has 1 aromatic carbocycles. The molecule has 1 heterocycles. The fourth-order valence-corrected chi connectivity index (χ4v) is 2.41. The van der Waals surface area contributed by atoms with Crippen LogP contribution in [0.25, 0.3) is 0 Å². The Labute approximate surface area is 128 Å². The predicted octanol–water partition coefficient (Wildman–Crippen LogP) is 1.98. The number of amides is 1. The van der Waals surface area contributed by atoms with Crippen LogP contribution in [0.3, 0.4) is 0 Å². The van der Waals surface area contributed by atoms with Gasteiger partial charge in [0.15, 0.2) is 5.82 Å². The number of benzene rings is 1. The molecule has 1 aromatic heterocycles. The number of hydrogen-bond donors (Lipinski definition) is 1. The van der Waals surface area contributed by atoms with Crippen LogP contribution in [0.2, 0.25) is 0 Å². The van der Waals surface area contributed by atoms with E-state index in [1.807, 2.05) is 18.2 Å². The summed E-state index contributed by atoms with van der Waals surface area (Å²) in [5, 5.41) is 0. The van der Waals surface area contributed by atoms with Crippen molar-refractivity contribution >= 4 is 23.8 Å². The molecule has 0 bridgehead atoms. The first-order valence-electron chi connectivity index (χ1n) is 7.11. The number of hydrogen-bond acceptors (Lipinski definition) is 4. The summed E-state index contributed by atoms with van der Waals surface area (Å²) >= 11 is 0. The van der Waals surface area contributed by atoms with Crippen LogP contribution in [0.15, 0.2) is 41.8 Å². The summed E-state index contributed by atoms with van der Waals surface area (Å²) in [6.45, 7) is 0. The van der Waals surface area contributed by atoms with E-state index in [4.69, 9.17) is 5.73 Å². The molecule has 1 aliphatic rings. The highest BCUT2D eigenvalue weighted by molar-refractivity contribution is 6.05. The minimum atomic E-state index is 0.382. The number of aliphatic imine (C=N–C) groups is 1. The first kappa shape index (κ1) is 14.2. The molecule has 1 amide bonds. The van der Waals surface area contributed by atoms with Crippen LogP contribution in [-0.2, 0) is 4.79 Å². The summed E-state index contributed by atoms with van der Waals surface area (Å²) in [4.78, 5) is 25.3. The average Bonchev–Trinajstić information content (AvgIpc) is 3.41. The van der Waals surface area contributed by atoms with E-state index in [1.165, 1.54) is 23.3 Å². The number of rotatable bonds is 5. The second kappa shape index (κ2) is 5.93. The van der Waals surface area contributed by atoms with Crippen LogP contribution in [0, 0.1) is 0 Å². The van der Waals surface area contributed by atoms with Crippen LogP contribution in [0.4, 0.5) is 11.5 Å². The van der Waals surface area contributed by atoms with Crippen molar-refractivity contribution < 1.29 is 4.79 Å². The van der Waals surface area contributed by atoms with Crippen LogP contribution < -0.4 is 10.6 Å². The van der Waals surface area contributed by atoms with Gasteiger partial charge in [-0.15, -0.1) is 0 Å². The molecule has 2 aromatic rings. The lowest BCUT2D eigenvalue weighted by molar-refractivity contribution is -0.106. The second-order valence-electron chi connectivity index (χ2n) is 5.20. The number of nitrogens with two attached hydrogens (primary N) is 1. The van der Waals surface area contributed by atoms with Gasteiger partial charge < -0.3 is 5.73 Å². The molecule has 6 heteroatoms. The molecule has 22 heavy (non-hydrogen) atoms. The Bertz CT molecular complexity index is 710. The standard InChI is InChI=1S/C16H17N5O/c1-18-16(17)13-5-4-12(11-2-3-11)8-14(13)21(10-22)15-9-19-6-7-20-15/h4-11H,2-3H2,1H3,(H2,17,18). The van der Waals surface area contributed by atoms with Crippen molar-refractivity contribution in [2.45, 2.75) is 18.8 Å². The third-order valence-electron chi connectivity index (χ3n) is 3.75. The summed E-state index contributed by atoms with van der Waals surface area (Å²) in [6.07, 6.45) is 7.75. The third kappa shape index (κ3) is 2.67. The van der Waals surface area contributed by atoms with E-state index in [2.05, 4.69) is 15.0 Å². The molecule has 0 saturated heterocycles. The van der Waals surface area contributed by atoms with E-state index in [1.54, 1.807) is 25.6 Å². The lowest BCUT2D eigenvalue weighted by Crippen LogP contribution is -2.22. The summed E-state index contributed by atoms with van der Waals surface area (Å²) in [5.74, 6) is 1.41. The highest BCUT2D eigenvalue weighted by Gasteiger charge is 2.26. The van der Waals surface area contributed by atoms with Gasteiger partial charge in [-0.1, -0.05) is 6.07 Å². The predicted molar refractivity (Wildman–Crippen MR) is 85.3 cm³/mol. The molecule has 0 radical (unpaired) electrons. The number of carbonyl (C=O) groups excluding carboxylic acids is 1. The molecular formula is C16H17N5O. The fourth-order valence-electron chi connectivity index (χ4n) is 2.41. The van der Waals surface area contributed by atoms with Gasteiger partial charge in [0.1, 0.15) is 5.84 Å². The Hall–Kier alpha value is -2.76. The zero-order chi connectivity index (χ0) is 15.5. The van der Waals surface area contributed by atoms with E-state index < -0.39 is 0 Å². The van der Waals surface area contributed by atoms with Gasteiger partial charge in [0.2, 0.25) is 6.41 Å². The number of anilines is 2. The topological polar surface area (TPSA) is 84.5 Å². The molecular weight excluding hydrogens is 278 g/mol. The Morgan fingerprint density at radius 3 is 2.82 bits per heavy atom. The smallest absolute Gasteiger partial charge is 0.219 e. The normalized spacial score (nSPS) is 14.7. The van der Waals surface area contributed by atoms with E-state index >= 15 is 0 Å². The van der Waals surface area contributed by atoms with Gasteiger partial charge in [-0.25, -0.2) is 4.98 Å². The number of amidine groups is 1.